The third-order valence-corrected chi connectivity index (χ3v) is 3.21. The van der Waals surface area contributed by atoms with E-state index in [0.717, 1.165) is 23.6 Å². The van der Waals surface area contributed by atoms with Gasteiger partial charge in [0, 0.05) is 43.7 Å². The first-order valence-electron chi connectivity index (χ1n) is 5.77. The van der Waals surface area contributed by atoms with Crippen molar-refractivity contribution in [2.75, 3.05) is 11.9 Å². The van der Waals surface area contributed by atoms with Crippen LogP contribution in [0.3, 0.4) is 0 Å². The van der Waals surface area contributed by atoms with Gasteiger partial charge in [-0.2, -0.15) is 0 Å². The van der Waals surface area contributed by atoms with E-state index in [1.54, 1.807) is 6.20 Å². The molecule has 0 spiro atoms. The highest BCUT2D eigenvalue weighted by atomic mass is 35.5. The van der Waals surface area contributed by atoms with Gasteiger partial charge in [-0.15, -0.1) is 0 Å². The molecule has 0 bridgehead atoms. The van der Waals surface area contributed by atoms with Crippen molar-refractivity contribution in [2.45, 2.75) is 13.1 Å². The Bertz CT molecular complexity index is 536. The maximum atomic E-state index is 6.04. The zero-order chi connectivity index (χ0) is 13.1. The van der Waals surface area contributed by atoms with Gasteiger partial charge in [0.1, 0.15) is 5.82 Å². The van der Waals surface area contributed by atoms with E-state index in [-0.39, 0.29) is 0 Å². The van der Waals surface area contributed by atoms with E-state index in [4.69, 9.17) is 17.3 Å². The second-order valence-electron chi connectivity index (χ2n) is 4.29. The molecule has 1 aromatic carbocycles. The molecular weight excluding hydrogens is 248 g/mol. The minimum Gasteiger partial charge on any atom is -0.367 e. The summed E-state index contributed by atoms with van der Waals surface area (Å²) >= 11 is 6.04. The largest absolute Gasteiger partial charge is 0.367 e. The zero-order valence-corrected chi connectivity index (χ0v) is 11.4. The molecule has 0 unspecified atom stereocenters. The lowest BCUT2D eigenvalue weighted by molar-refractivity contribution is 0.759. The lowest BCUT2D eigenvalue weighted by Crippen LogP contribution is -2.21. The van der Waals surface area contributed by atoms with Gasteiger partial charge in [-0.25, -0.2) is 4.98 Å². The third kappa shape index (κ3) is 2.66. The highest BCUT2D eigenvalue weighted by molar-refractivity contribution is 6.30. The van der Waals surface area contributed by atoms with E-state index < -0.39 is 0 Å². The van der Waals surface area contributed by atoms with Crippen LogP contribution in [-0.4, -0.2) is 16.6 Å². The molecule has 18 heavy (non-hydrogen) atoms. The van der Waals surface area contributed by atoms with Crippen LogP contribution < -0.4 is 10.6 Å². The topological polar surface area (TPSA) is 47.1 Å². The fourth-order valence-electron chi connectivity index (χ4n) is 1.91. The average molecular weight is 265 g/mol. The molecule has 1 heterocycles. The summed E-state index contributed by atoms with van der Waals surface area (Å²) in [6, 6.07) is 5.77. The molecule has 0 fully saturated rings. The van der Waals surface area contributed by atoms with Crippen LogP contribution in [0.25, 0.3) is 0 Å². The summed E-state index contributed by atoms with van der Waals surface area (Å²) in [4.78, 5) is 6.42. The minimum absolute atomic E-state index is 0.497. The molecule has 5 heteroatoms. The predicted molar refractivity (Wildman–Crippen MR) is 74.7 cm³/mol. The number of hydrogen-bond donors (Lipinski definition) is 1. The lowest BCUT2D eigenvalue weighted by atomic mass is 10.1. The molecule has 0 aliphatic heterocycles. The summed E-state index contributed by atoms with van der Waals surface area (Å²) in [7, 11) is 4.00. The molecule has 0 saturated carbocycles. The summed E-state index contributed by atoms with van der Waals surface area (Å²) in [5, 5.41) is 0.717. The van der Waals surface area contributed by atoms with Gasteiger partial charge in [-0.1, -0.05) is 17.7 Å². The van der Waals surface area contributed by atoms with Crippen LogP contribution in [0.5, 0.6) is 0 Å². The maximum Gasteiger partial charge on any atom is 0.127 e. The number of aryl methyl sites for hydroxylation is 1. The van der Waals surface area contributed by atoms with Crippen LogP contribution in [0.1, 0.15) is 11.4 Å². The molecule has 1 aromatic heterocycles. The van der Waals surface area contributed by atoms with Gasteiger partial charge in [0.2, 0.25) is 0 Å². The SMILES string of the molecule is CN(Cc1nccn1C)c1cc(Cl)ccc1CN. The molecule has 4 nitrogen and oxygen atoms in total. The van der Waals surface area contributed by atoms with Gasteiger partial charge < -0.3 is 15.2 Å². The van der Waals surface area contributed by atoms with Crippen LogP contribution in [0.2, 0.25) is 5.02 Å². The van der Waals surface area contributed by atoms with Crippen LogP contribution in [-0.2, 0) is 20.1 Å². The van der Waals surface area contributed by atoms with Crippen LogP contribution >= 0.6 is 11.6 Å². The molecule has 2 N–H and O–H groups in total. The summed E-state index contributed by atoms with van der Waals surface area (Å²) in [6.07, 6.45) is 3.73. The number of anilines is 1. The third-order valence-electron chi connectivity index (χ3n) is 2.98. The quantitative estimate of drug-likeness (QED) is 0.921. The van der Waals surface area contributed by atoms with E-state index in [1.807, 2.05) is 43.1 Å². The summed E-state index contributed by atoms with van der Waals surface area (Å²) < 4.78 is 2.00. The first-order valence-corrected chi connectivity index (χ1v) is 6.15. The second-order valence-corrected chi connectivity index (χ2v) is 4.72. The molecule has 0 saturated heterocycles. The fraction of sp³-hybridized carbons (Fsp3) is 0.308. The van der Waals surface area contributed by atoms with E-state index in [9.17, 15) is 0 Å². The first kappa shape index (κ1) is 12.9. The summed E-state index contributed by atoms with van der Waals surface area (Å²) in [6.45, 7) is 1.22. The van der Waals surface area contributed by atoms with E-state index in [2.05, 4.69) is 9.88 Å². The Kier molecular flexibility index (Phi) is 3.89. The van der Waals surface area contributed by atoms with E-state index in [0.29, 0.717) is 11.6 Å². The number of rotatable bonds is 4. The molecule has 0 atom stereocenters. The number of nitrogens with two attached hydrogens (primary N) is 1. The van der Waals surface area contributed by atoms with Crippen molar-refractivity contribution in [3.8, 4) is 0 Å². The molecule has 96 valence electrons. The van der Waals surface area contributed by atoms with Crippen molar-refractivity contribution in [3.05, 3.63) is 47.0 Å². The molecule has 2 rings (SSSR count). The predicted octanol–water partition coefficient (Wildman–Crippen LogP) is 2.17. The highest BCUT2D eigenvalue weighted by Gasteiger charge is 2.10. The van der Waals surface area contributed by atoms with Gasteiger partial charge in [0.05, 0.1) is 6.54 Å². The van der Waals surface area contributed by atoms with Crippen LogP contribution in [0.15, 0.2) is 30.6 Å². The second kappa shape index (κ2) is 5.42. The normalized spacial score (nSPS) is 10.7. The van der Waals surface area contributed by atoms with Crippen molar-refractivity contribution >= 4 is 17.3 Å². The summed E-state index contributed by atoms with van der Waals surface area (Å²) in [5.74, 6) is 1.00. The van der Waals surface area contributed by atoms with Gasteiger partial charge in [0.25, 0.3) is 0 Å². The van der Waals surface area contributed by atoms with Gasteiger partial charge in [-0.3, -0.25) is 0 Å². The monoisotopic (exact) mass is 264 g/mol. The average Bonchev–Trinajstić information content (AvgIpc) is 2.75. The number of hydrogen-bond acceptors (Lipinski definition) is 3. The fourth-order valence-corrected chi connectivity index (χ4v) is 2.08. The first-order chi connectivity index (χ1) is 8.61. The molecule has 0 radical (unpaired) electrons. The number of aromatic nitrogens is 2. The Morgan fingerprint density at radius 2 is 2.22 bits per heavy atom. The van der Waals surface area contributed by atoms with Crippen molar-refractivity contribution in [1.82, 2.24) is 9.55 Å². The van der Waals surface area contributed by atoms with Crippen molar-refractivity contribution in [3.63, 3.8) is 0 Å². The van der Waals surface area contributed by atoms with Crippen molar-refractivity contribution in [1.29, 1.82) is 0 Å². The summed E-state index contributed by atoms with van der Waals surface area (Å²) in [5.41, 5.74) is 7.88. The maximum absolute atomic E-state index is 6.04. The molecule has 2 aromatic rings. The Balaban J connectivity index is 2.25. The number of benzene rings is 1. The van der Waals surface area contributed by atoms with E-state index in [1.165, 1.54) is 0 Å². The van der Waals surface area contributed by atoms with Crippen LogP contribution in [0.4, 0.5) is 5.69 Å². The number of halogens is 1. The van der Waals surface area contributed by atoms with Gasteiger partial charge >= 0.3 is 0 Å². The minimum atomic E-state index is 0.497. The molecule has 0 aliphatic carbocycles. The Labute approximate surface area is 112 Å². The Morgan fingerprint density at radius 3 is 2.83 bits per heavy atom. The number of imidazole rings is 1. The van der Waals surface area contributed by atoms with Gasteiger partial charge in [0.15, 0.2) is 0 Å². The molecule has 0 aliphatic rings. The number of nitrogens with zero attached hydrogens (tertiary/aromatic N) is 3. The van der Waals surface area contributed by atoms with E-state index >= 15 is 0 Å². The zero-order valence-electron chi connectivity index (χ0n) is 10.6. The van der Waals surface area contributed by atoms with Gasteiger partial charge in [-0.05, 0) is 17.7 Å². The lowest BCUT2D eigenvalue weighted by Gasteiger charge is -2.22. The molecule has 0 amide bonds. The van der Waals surface area contributed by atoms with Crippen molar-refractivity contribution < 1.29 is 0 Å². The van der Waals surface area contributed by atoms with Crippen LogP contribution in [0, 0.1) is 0 Å². The van der Waals surface area contributed by atoms with Crippen molar-refractivity contribution in [2.24, 2.45) is 12.8 Å². The standard InChI is InChI=1S/C13H17ClN4/c1-17-6-5-16-13(17)9-18(2)12-7-11(14)4-3-10(12)8-15/h3-7H,8-9,15H2,1-2H3. The smallest absolute Gasteiger partial charge is 0.127 e. The Morgan fingerprint density at radius 1 is 1.44 bits per heavy atom. The molecular formula is C13H17ClN4. The Hall–Kier alpha value is -1.52. The highest BCUT2D eigenvalue weighted by Crippen LogP contribution is 2.24.